The number of amides is 1. The van der Waals surface area contributed by atoms with Gasteiger partial charge < -0.3 is 10.1 Å². The molecule has 1 aromatic heterocycles. The molecule has 0 spiro atoms. The number of nitrogens with zero attached hydrogens (tertiary/aromatic N) is 1. The molecule has 20 heavy (non-hydrogen) atoms. The van der Waals surface area contributed by atoms with Crippen LogP contribution in [0.4, 0.5) is 0 Å². The molecule has 0 aromatic carbocycles. The summed E-state index contributed by atoms with van der Waals surface area (Å²) in [5.74, 6) is 0.462. The average Bonchev–Trinajstić information content (AvgIpc) is 2.87. The van der Waals surface area contributed by atoms with Crippen molar-refractivity contribution in [1.29, 1.82) is 0 Å². The maximum atomic E-state index is 12.3. The molecule has 1 saturated heterocycles. The number of carbonyl (C=O) groups excluding carboxylic acids is 1. The Kier molecular flexibility index (Phi) is 4.76. The average molecular weight is 276 g/mol. The van der Waals surface area contributed by atoms with Crippen LogP contribution in [0, 0.1) is 11.3 Å². The van der Waals surface area contributed by atoms with E-state index in [0.717, 1.165) is 12.8 Å². The molecule has 1 aromatic rings. The Morgan fingerprint density at radius 1 is 1.40 bits per heavy atom. The van der Waals surface area contributed by atoms with Crippen molar-refractivity contribution in [2.45, 2.75) is 39.7 Å². The molecule has 2 atom stereocenters. The summed E-state index contributed by atoms with van der Waals surface area (Å²) in [6, 6.07) is 4.15. The molecular formula is C16H24N2O2. The standard InChI is InChI=1S/C16H24N2O2/c1-4-16(2,3)15(19)18-14-11-20-10-13(14)9-12-5-7-17-8-6-12/h5-8,13-14H,4,9-11H2,1-3H3,(H,18,19)/t13-,14-/m1/s1. The van der Waals surface area contributed by atoms with Crippen molar-refractivity contribution in [3.05, 3.63) is 30.1 Å². The Hall–Kier alpha value is -1.42. The molecule has 0 unspecified atom stereocenters. The van der Waals surface area contributed by atoms with Gasteiger partial charge in [0.2, 0.25) is 5.91 Å². The lowest BCUT2D eigenvalue weighted by molar-refractivity contribution is -0.130. The highest BCUT2D eigenvalue weighted by atomic mass is 16.5. The molecule has 1 N–H and O–H groups in total. The molecule has 1 aliphatic heterocycles. The Morgan fingerprint density at radius 2 is 2.10 bits per heavy atom. The highest BCUT2D eigenvalue weighted by Gasteiger charge is 2.33. The quantitative estimate of drug-likeness (QED) is 0.897. The molecule has 1 amide bonds. The number of hydrogen-bond acceptors (Lipinski definition) is 3. The van der Waals surface area contributed by atoms with Gasteiger partial charge in [0.25, 0.3) is 0 Å². The van der Waals surface area contributed by atoms with Crippen molar-refractivity contribution in [3.8, 4) is 0 Å². The lowest BCUT2D eigenvalue weighted by Gasteiger charge is -2.26. The topological polar surface area (TPSA) is 51.2 Å². The van der Waals surface area contributed by atoms with Crippen LogP contribution in [0.5, 0.6) is 0 Å². The van der Waals surface area contributed by atoms with E-state index in [1.54, 1.807) is 12.4 Å². The van der Waals surface area contributed by atoms with Gasteiger partial charge in [-0.05, 0) is 30.5 Å². The minimum absolute atomic E-state index is 0.112. The summed E-state index contributed by atoms with van der Waals surface area (Å²) in [6.45, 7) is 7.33. The zero-order chi connectivity index (χ0) is 14.6. The Morgan fingerprint density at radius 3 is 2.75 bits per heavy atom. The number of hydrogen-bond donors (Lipinski definition) is 1. The normalized spacial score (nSPS) is 22.8. The van der Waals surface area contributed by atoms with E-state index < -0.39 is 0 Å². The minimum atomic E-state index is -0.316. The third-order valence-corrected chi connectivity index (χ3v) is 4.26. The summed E-state index contributed by atoms with van der Waals surface area (Å²) in [4.78, 5) is 16.3. The lowest BCUT2D eigenvalue weighted by Crippen LogP contribution is -2.46. The van der Waals surface area contributed by atoms with Crippen molar-refractivity contribution in [1.82, 2.24) is 10.3 Å². The van der Waals surface area contributed by atoms with Crippen LogP contribution in [0.1, 0.15) is 32.8 Å². The zero-order valence-electron chi connectivity index (χ0n) is 12.6. The third kappa shape index (κ3) is 3.57. The molecule has 110 valence electrons. The second-order valence-electron chi connectivity index (χ2n) is 6.17. The monoisotopic (exact) mass is 276 g/mol. The van der Waals surface area contributed by atoms with Gasteiger partial charge >= 0.3 is 0 Å². The van der Waals surface area contributed by atoms with Crippen molar-refractivity contribution >= 4 is 5.91 Å². The number of carbonyl (C=O) groups is 1. The number of rotatable bonds is 5. The predicted octanol–water partition coefficient (Wildman–Crippen LogP) is 2.19. The first-order valence-corrected chi connectivity index (χ1v) is 7.30. The van der Waals surface area contributed by atoms with E-state index in [1.807, 2.05) is 32.9 Å². The van der Waals surface area contributed by atoms with Gasteiger partial charge in [0.1, 0.15) is 0 Å². The molecule has 0 saturated carbocycles. The molecule has 4 nitrogen and oxygen atoms in total. The van der Waals surface area contributed by atoms with Gasteiger partial charge in [0, 0.05) is 23.7 Å². The van der Waals surface area contributed by atoms with Crippen LogP contribution in [0.25, 0.3) is 0 Å². The van der Waals surface area contributed by atoms with Gasteiger partial charge in [0.05, 0.1) is 19.3 Å². The fraction of sp³-hybridized carbons (Fsp3) is 0.625. The first kappa shape index (κ1) is 15.0. The number of pyridine rings is 1. The van der Waals surface area contributed by atoms with E-state index in [2.05, 4.69) is 10.3 Å². The number of aromatic nitrogens is 1. The van der Waals surface area contributed by atoms with Crippen LogP contribution in [-0.4, -0.2) is 30.1 Å². The maximum Gasteiger partial charge on any atom is 0.225 e. The molecule has 2 heterocycles. The second-order valence-corrected chi connectivity index (χ2v) is 6.17. The van der Waals surface area contributed by atoms with Crippen molar-refractivity contribution in [2.75, 3.05) is 13.2 Å². The van der Waals surface area contributed by atoms with Gasteiger partial charge in [-0.1, -0.05) is 20.8 Å². The van der Waals surface area contributed by atoms with E-state index in [-0.39, 0.29) is 17.4 Å². The molecule has 0 radical (unpaired) electrons. The Balaban J connectivity index is 1.96. The minimum Gasteiger partial charge on any atom is -0.379 e. The van der Waals surface area contributed by atoms with Crippen molar-refractivity contribution in [3.63, 3.8) is 0 Å². The predicted molar refractivity (Wildman–Crippen MR) is 78.3 cm³/mol. The van der Waals surface area contributed by atoms with Crippen LogP contribution in [-0.2, 0) is 16.0 Å². The van der Waals surface area contributed by atoms with Crippen LogP contribution >= 0.6 is 0 Å². The Bertz CT molecular complexity index is 445. The zero-order valence-corrected chi connectivity index (χ0v) is 12.6. The summed E-state index contributed by atoms with van der Waals surface area (Å²) in [5.41, 5.74) is 0.925. The molecule has 0 bridgehead atoms. The van der Waals surface area contributed by atoms with Crippen LogP contribution < -0.4 is 5.32 Å². The van der Waals surface area contributed by atoms with E-state index in [9.17, 15) is 4.79 Å². The highest BCUT2D eigenvalue weighted by Crippen LogP contribution is 2.23. The molecule has 2 rings (SSSR count). The van der Waals surface area contributed by atoms with Gasteiger partial charge in [-0.15, -0.1) is 0 Å². The summed E-state index contributed by atoms with van der Waals surface area (Å²) >= 11 is 0. The van der Waals surface area contributed by atoms with E-state index in [4.69, 9.17) is 4.74 Å². The summed E-state index contributed by atoms with van der Waals surface area (Å²) in [7, 11) is 0. The molecule has 1 fully saturated rings. The maximum absolute atomic E-state index is 12.3. The molecular weight excluding hydrogens is 252 g/mol. The van der Waals surface area contributed by atoms with Gasteiger partial charge in [-0.3, -0.25) is 9.78 Å². The third-order valence-electron chi connectivity index (χ3n) is 4.26. The smallest absolute Gasteiger partial charge is 0.225 e. The second kappa shape index (κ2) is 6.35. The largest absolute Gasteiger partial charge is 0.379 e. The van der Waals surface area contributed by atoms with E-state index in [0.29, 0.717) is 19.1 Å². The molecule has 1 aliphatic rings. The van der Waals surface area contributed by atoms with Crippen molar-refractivity contribution in [2.24, 2.45) is 11.3 Å². The van der Waals surface area contributed by atoms with Crippen molar-refractivity contribution < 1.29 is 9.53 Å². The fourth-order valence-electron chi connectivity index (χ4n) is 2.31. The highest BCUT2D eigenvalue weighted by molar-refractivity contribution is 5.82. The lowest BCUT2D eigenvalue weighted by atomic mass is 9.88. The first-order chi connectivity index (χ1) is 9.53. The summed E-state index contributed by atoms with van der Waals surface area (Å²) in [5, 5.41) is 3.16. The fourth-order valence-corrected chi connectivity index (χ4v) is 2.31. The SMILES string of the molecule is CCC(C)(C)C(=O)N[C@@H]1COC[C@H]1Cc1ccncc1. The van der Waals surface area contributed by atoms with Crippen LogP contribution in [0.15, 0.2) is 24.5 Å². The van der Waals surface area contributed by atoms with Gasteiger partial charge in [-0.2, -0.15) is 0 Å². The van der Waals surface area contributed by atoms with Crippen LogP contribution in [0.2, 0.25) is 0 Å². The molecule has 0 aliphatic carbocycles. The van der Waals surface area contributed by atoms with Gasteiger partial charge in [-0.25, -0.2) is 0 Å². The van der Waals surface area contributed by atoms with Gasteiger partial charge in [0.15, 0.2) is 0 Å². The van der Waals surface area contributed by atoms with Crippen LogP contribution in [0.3, 0.4) is 0 Å². The molecule has 4 heteroatoms. The summed E-state index contributed by atoms with van der Waals surface area (Å²) in [6.07, 6.45) is 5.36. The summed E-state index contributed by atoms with van der Waals surface area (Å²) < 4.78 is 5.56. The van der Waals surface area contributed by atoms with E-state index in [1.165, 1.54) is 5.56 Å². The first-order valence-electron chi connectivity index (χ1n) is 7.30. The Labute approximate surface area is 120 Å². The number of ether oxygens (including phenoxy) is 1. The number of nitrogens with one attached hydrogen (secondary N) is 1. The van der Waals surface area contributed by atoms with E-state index >= 15 is 0 Å².